The van der Waals surface area contributed by atoms with Crippen LogP contribution in [0.4, 0.5) is 13.2 Å². The van der Waals surface area contributed by atoms with Crippen molar-refractivity contribution in [3.05, 3.63) is 77.4 Å². The second-order valence-electron chi connectivity index (χ2n) is 8.25. The van der Waals surface area contributed by atoms with Crippen LogP contribution >= 0.6 is 12.4 Å². The summed E-state index contributed by atoms with van der Waals surface area (Å²) in [5, 5.41) is 0. The molecule has 0 heterocycles. The Morgan fingerprint density at radius 2 is 1.68 bits per heavy atom. The van der Waals surface area contributed by atoms with Crippen LogP contribution in [0.25, 0.3) is 0 Å². The standard InChI is InChI=1S/C25H28F3NO.ClH/c1-24(2,3)14-6-5-7-15-29(4)18-20-10-9-13-23(17-20)30-19-21-11-8-12-22(16-21)25(26,27)28;/h5,7-13,16-17H,15,18-19H2,1-4H3;1H. The number of benzene rings is 2. The van der Waals surface area contributed by atoms with Gasteiger partial charge in [-0.1, -0.05) is 42.2 Å². The lowest BCUT2D eigenvalue weighted by molar-refractivity contribution is -0.137. The smallest absolute Gasteiger partial charge is 0.416 e. The van der Waals surface area contributed by atoms with Crippen LogP contribution in [0.3, 0.4) is 0 Å². The van der Waals surface area contributed by atoms with Gasteiger partial charge in [0.1, 0.15) is 12.4 Å². The summed E-state index contributed by atoms with van der Waals surface area (Å²) >= 11 is 0. The largest absolute Gasteiger partial charge is 0.489 e. The first kappa shape index (κ1) is 26.6. The summed E-state index contributed by atoms with van der Waals surface area (Å²) in [4.78, 5) is 2.14. The third-order valence-corrected chi connectivity index (χ3v) is 4.08. The van der Waals surface area contributed by atoms with Gasteiger partial charge >= 0.3 is 6.18 Å². The third-order valence-electron chi connectivity index (χ3n) is 4.08. The van der Waals surface area contributed by atoms with E-state index in [4.69, 9.17) is 4.74 Å². The van der Waals surface area contributed by atoms with E-state index in [2.05, 4.69) is 37.5 Å². The molecule has 0 aromatic heterocycles. The molecule has 0 N–H and O–H groups in total. The lowest BCUT2D eigenvalue weighted by atomic mass is 9.98. The predicted octanol–water partition coefficient (Wildman–Crippen LogP) is 6.74. The van der Waals surface area contributed by atoms with Gasteiger partial charge < -0.3 is 4.74 Å². The number of allylic oxidation sites excluding steroid dienone is 1. The number of ether oxygens (including phenoxy) is 1. The molecule has 0 saturated carbocycles. The highest BCUT2D eigenvalue weighted by atomic mass is 35.5. The molecule has 0 atom stereocenters. The summed E-state index contributed by atoms with van der Waals surface area (Å²) in [7, 11) is 2.01. The first-order chi connectivity index (χ1) is 14.0. The van der Waals surface area contributed by atoms with Crippen molar-refractivity contribution < 1.29 is 17.9 Å². The molecule has 0 aliphatic carbocycles. The molecule has 0 fully saturated rings. The molecule has 0 amide bonds. The topological polar surface area (TPSA) is 12.5 Å². The van der Waals surface area contributed by atoms with Crippen LogP contribution < -0.4 is 4.74 Å². The average molecular weight is 452 g/mol. The Bertz CT molecular complexity index is 921. The van der Waals surface area contributed by atoms with Crippen molar-refractivity contribution in [2.24, 2.45) is 5.41 Å². The second kappa shape index (κ2) is 11.8. The second-order valence-corrected chi connectivity index (χ2v) is 8.25. The molecule has 0 aliphatic rings. The van der Waals surface area contributed by atoms with Gasteiger partial charge in [-0.15, -0.1) is 12.4 Å². The highest BCUT2D eigenvalue weighted by Gasteiger charge is 2.30. The summed E-state index contributed by atoms with van der Waals surface area (Å²) in [6, 6.07) is 12.8. The number of alkyl halides is 3. The fourth-order valence-electron chi connectivity index (χ4n) is 2.66. The van der Waals surface area contributed by atoms with Crippen LogP contribution in [-0.4, -0.2) is 18.5 Å². The van der Waals surface area contributed by atoms with Gasteiger partial charge in [0.25, 0.3) is 0 Å². The summed E-state index contributed by atoms with van der Waals surface area (Å²) in [5.41, 5.74) is 0.867. The van der Waals surface area contributed by atoms with E-state index in [1.54, 1.807) is 12.1 Å². The minimum Gasteiger partial charge on any atom is -0.489 e. The van der Waals surface area contributed by atoms with Crippen LogP contribution in [0.15, 0.2) is 60.7 Å². The fourth-order valence-corrected chi connectivity index (χ4v) is 2.66. The first-order valence-electron chi connectivity index (χ1n) is 9.77. The zero-order valence-electron chi connectivity index (χ0n) is 18.3. The van der Waals surface area contributed by atoms with Crippen LogP contribution in [0.2, 0.25) is 0 Å². The van der Waals surface area contributed by atoms with E-state index in [9.17, 15) is 13.2 Å². The number of halogens is 4. The SMILES string of the molecule is CN(CC=CC#CC(C)(C)C)Cc1cccc(OCc2cccc(C(F)(F)F)c2)c1.Cl. The van der Waals surface area contributed by atoms with Crippen molar-refractivity contribution in [3.8, 4) is 17.6 Å². The maximum absolute atomic E-state index is 12.8. The normalized spacial score (nSPS) is 11.7. The maximum atomic E-state index is 12.8. The molecule has 0 unspecified atom stereocenters. The molecule has 6 heteroatoms. The molecule has 0 radical (unpaired) electrons. The predicted molar refractivity (Wildman–Crippen MR) is 122 cm³/mol. The van der Waals surface area contributed by atoms with E-state index in [0.717, 1.165) is 30.8 Å². The highest BCUT2D eigenvalue weighted by molar-refractivity contribution is 5.85. The van der Waals surface area contributed by atoms with Gasteiger partial charge in [-0.05, 0) is 69.3 Å². The Morgan fingerprint density at radius 1 is 1.00 bits per heavy atom. The van der Waals surface area contributed by atoms with E-state index in [0.29, 0.717) is 11.3 Å². The van der Waals surface area contributed by atoms with Crippen molar-refractivity contribution in [1.29, 1.82) is 0 Å². The number of likely N-dealkylation sites (N-methyl/N-ethyl adjacent to an activating group) is 1. The molecule has 0 aliphatic heterocycles. The van der Waals surface area contributed by atoms with Crippen LogP contribution in [-0.2, 0) is 19.3 Å². The lowest BCUT2D eigenvalue weighted by Crippen LogP contribution is -2.17. The first-order valence-corrected chi connectivity index (χ1v) is 9.77. The Balaban J connectivity index is 0.00000480. The Kier molecular flexibility index (Phi) is 10.2. The molecule has 31 heavy (non-hydrogen) atoms. The Hall–Kier alpha value is -2.42. The molecular weight excluding hydrogens is 423 g/mol. The van der Waals surface area contributed by atoms with E-state index < -0.39 is 11.7 Å². The van der Waals surface area contributed by atoms with Crippen LogP contribution in [0.5, 0.6) is 5.75 Å². The number of hydrogen-bond acceptors (Lipinski definition) is 2. The highest BCUT2D eigenvalue weighted by Crippen LogP contribution is 2.29. The van der Waals surface area contributed by atoms with Gasteiger partial charge in [-0.2, -0.15) is 13.2 Å². The minimum atomic E-state index is -4.35. The average Bonchev–Trinajstić information content (AvgIpc) is 2.65. The zero-order valence-corrected chi connectivity index (χ0v) is 19.1. The van der Waals surface area contributed by atoms with Gasteiger partial charge in [0.05, 0.1) is 5.56 Å². The van der Waals surface area contributed by atoms with E-state index in [1.165, 1.54) is 6.07 Å². The molecule has 2 rings (SSSR count). The quantitative estimate of drug-likeness (QED) is 0.432. The molecule has 0 bridgehead atoms. The Morgan fingerprint density at radius 3 is 2.35 bits per heavy atom. The lowest BCUT2D eigenvalue weighted by Gasteiger charge is -2.15. The summed E-state index contributed by atoms with van der Waals surface area (Å²) < 4.78 is 44.2. The summed E-state index contributed by atoms with van der Waals surface area (Å²) in [6.07, 6.45) is -0.462. The summed E-state index contributed by atoms with van der Waals surface area (Å²) in [6.45, 7) is 7.77. The van der Waals surface area contributed by atoms with Gasteiger partial charge in [0.15, 0.2) is 0 Å². The molecule has 2 aromatic rings. The van der Waals surface area contributed by atoms with Crippen LogP contribution in [0.1, 0.15) is 37.5 Å². The van der Waals surface area contributed by atoms with Gasteiger partial charge in [0, 0.05) is 18.5 Å². The van der Waals surface area contributed by atoms with Crippen molar-refractivity contribution in [2.75, 3.05) is 13.6 Å². The molecule has 0 spiro atoms. The minimum absolute atomic E-state index is 0. The van der Waals surface area contributed by atoms with Crippen molar-refractivity contribution in [2.45, 2.75) is 40.1 Å². The van der Waals surface area contributed by atoms with Gasteiger partial charge in [-0.3, -0.25) is 4.90 Å². The van der Waals surface area contributed by atoms with E-state index in [-0.39, 0.29) is 24.4 Å². The van der Waals surface area contributed by atoms with E-state index >= 15 is 0 Å². The van der Waals surface area contributed by atoms with Crippen molar-refractivity contribution >= 4 is 12.4 Å². The Labute approximate surface area is 189 Å². The number of hydrogen-bond donors (Lipinski definition) is 0. The van der Waals surface area contributed by atoms with Gasteiger partial charge in [-0.25, -0.2) is 0 Å². The van der Waals surface area contributed by atoms with Crippen molar-refractivity contribution in [1.82, 2.24) is 4.90 Å². The molecule has 168 valence electrons. The molecular formula is C25H29ClF3NO. The third kappa shape index (κ3) is 10.4. The maximum Gasteiger partial charge on any atom is 0.416 e. The summed E-state index contributed by atoms with van der Waals surface area (Å²) in [5.74, 6) is 6.84. The number of nitrogens with zero attached hydrogens (tertiary/aromatic N) is 1. The number of rotatable bonds is 7. The molecule has 2 nitrogen and oxygen atoms in total. The van der Waals surface area contributed by atoms with E-state index in [1.807, 2.05) is 37.4 Å². The monoisotopic (exact) mass is 451 g/mol. The molecule has 2 aromatic carbocycles. The zero-order chi connectivity index (χ0) is 22.2. The van der Waals surface area contributed by atoms with Crippen LogP contribution in [0, 0.1) is 17.3 Å². The molecule has 0 saturated heterocycles. The van der Waals surface area contributed by atoms with Crippen molar-refractivity contribution in [3.63, 3.8) is 0 Å². The fraction of sp³-hybridized carbons (Fsp3) is 0.360. The van der Waals surface area contributed by atoms with Gasteiger partial charge in [0.2, 0.25) is 0 Å².